The van der Waals surface area contributed by atoms with E-state index >= 15 is 0 Å². The highest BCUT2D eigenvalue weighted by Crippen LogP contribution is 2.17. The van der Waals surface area contributed by atoms with Crippen LogP contribution < -0.4 is 5.32 Å². The average molecular weight is 441 g/mol. The Morgan fingerprint density at radius 3 is 2.48 bits per heavy atom. The molecule has 2 aromatic rings. The number of hydrogen-bond donors (Lipinski definition) is 1. The fourth-order valence-electron chi connectivity index (χ4n) is 1.84. The van der Waals surface area contributed by atoms with Gasteiger partial charge in [0.15, 0.2) is 0 Å². The summed E-state index contributed by atoms with van der Waals surface area (Å²) in [6.45, 7) is 0. The number of benzene rings is 2. The van der Waals surface area contributed by atoms with Gasteiger partial charge in [-0.15, -0.1) is 11.8 Å². The number of carbonyl (C=O) groups excluding carboxylic acids is 2. The molecule has 6 heteroatoms. The fourth-order valence-corrected chi connectivity index (χ4v) is 3.29. The third-order valence-electron chi connectivity index (χ3n) is 3.05. The van der Waals surface area contributed by atoms with Gasteiger partial charge >= 0.3 is 5.97 Å². The van der Waals surface area contributed by atoms with Crippen molar-refractivity contribution in [2.75, 3.05) is 18.2 Å². The molecule has 0 saturated heterocycles. The summed E-state index contributed by atoms with van der Waals surface area (Å²) >= 11 is 3.64. The Morgan fingerprint density at radius 2 is 1.83 bits per heavy atom. The van der Waals surface area contributed by atoms with Crippen LogP contribution in [0, 0.1) is 3.57 Å². The van der Waals surface area contributed by atoms with E-state index in [1.165, 1.54) is 18.9 Å². The molecule has 120 valence electrons. The van der Waals surface area contributed by atoms with E-state index in [-0.39, 0.29) is 11.9 Å². The molecule has 4 nitrogen and oxygen atoms in total. The van der Waals surface area contributed by atoms with Crippen LogP contribution in [0.15, 0.2) is 48.5 Å². The molecule has 2 rings (SSSR count). The molecule has 0 aromatic heterocycles. The topological polar surface area (TPSA) is 55.4 Å². The predicted octanol–water partition coefficient (Wildman–Crippen LogP) is 3.95. The molecule has 0 aliphatic carbocycles. The van der Waals surface area contributed by atoms with Gasteiger partial charge in [-0.1, -0.05) is 24.3 Å². The molecule has 0 heterocycles. The van der Waals surface area contributed by atoms with E-state index < -0.39 is 0 Å². The van der Waals surface area contributed by atoms with Crippen molar-refractivity contribution in [3.63, 3.8) is 0 Å². The first-order valence-electron chi connectivity index (χ1n) is 6.89. The van der Waals surface area contributed by atoms with Gasteiger partial charge in [0.05, 0.1) is 18.4 Å². The number of esters is 1. The first-order valence-corrected chi connectivity index (χ1v) is 9.13. The van der Waals surface area contributed by atoms with Gasteiger partial charge < -0.3 is 10.1 Å². The highest BCUT2D eigenvalue weighted by atomic mass is 127. The summed E-state index contributed by atoms with van der Waals surface area (Å²) in [5, 5.41) is 2.89. The Kier molecular flexibility index (Phi) is 6.91. The lowest BCUT2D eigenvalue weighted by molar-refractivity contribution is -0.137. The molecule has 1 amide bonds. The van der Waals surface area contributed by atoms with Gasteiger partial charge in [0.25, 0.3) is 5.91 Å². The first kappa shape index (κ1) is 17.8. The van der Waals surface area contributed by atoms with Crippen LogP contribution in [0.4, 0.5) is 5.69 Å². The minimum absolute atomic E-state index is 0.122. The number of amides is 1. The lowest BCUT2D eigenvalue weighted by Gasteiger charge is -2.08. The van der Waals surface area contributed by atoms with Gasteiger partial charge in [-0.2, -0.15) is 0 Å². The summed E-state index contributed by atoms with van der Waals surface area (Å²) in [6, 6.07) is 15.1. The second-order valence-electron chi connectivity index (χ2n) is 4.70. The number of anilines is 1. The Morgan fingerprint density at radius 1 is 1.13 bits per heavy atom. The number of hydrogen-bond acceptors (Lipinski definition) is 4. The van der Waals surface area contributed by atoms with Crippen molar-refractivity contribution >= 4 is 51.9 Å². The standard InChI is InChI=1S/C17H16INO3S/c1-22-16(20)11-23-10-12-6-8-13(9-7-12)19-17(21)14-4-2-3-5-15(14)18/h2-9H,10-11H2,1H3,(H,19,21). The van der Waals surface area contributed by atoms with Gasteiger partial charge in [-0.3, -0.25) is 9.59 Å². The molecule has 0 bridgehead atoms. The van der Waals surface area contributed by atoms with E-state index in [9.17, 15) is 9.59 Å². The number of nitrogens with one attached hydrogen (secondary N) is 1. The molecule has 0 unspecified atom stereocenters. The van der Waals surface area contributed by atoms with Crippen molar-refractivity contribution in [3.8, 4) is 0 Å². The van der Waals surface area contributed by atoms with Crippen LogP contribution in [0.25, 0.3) is 0 Å². The molecule has 0 atom stereocenters. The molecule has 0 aliphatic heterocycles. The lowest BCUT2D eigenvalue weighted by Crippen LogP contribution is -2.13. The molecule has 0 fully saturated rings. The Bertz CT molecular complexity index is 688. The van der Waals surface area contributed by atoms with Crippen molar-refractivity contribution in [2.24, 2.45) is 0 Å². The third kappa shape index (κ3) is 5.54. The molecule has 1 N–H and O–H groups in total. The summed E-state index contributed by atoms with van der Waals surface area (Å²) in [4.78, 5) is 23.3. The van der Waals surface area contributed by atoms with Crippen molar-refractivity contribution in [1.29, 1.82) is 0 Å². The number of halogens is 1. The smallest absolute Gasteiger partial charge is 0.315 e. The molecular weight excluding hydrogens is 425 g/mol. The summed E-state index contributed by atoms with van der Waals surface area (Å²) in [5.41, 5.74) is 2.49. The van der Waals surface area contributed by atoms with Crippen LogP contribution in [0.5, 0.6) is 0 Å². The molecule has 23 heavy (non-hydrogen) atoms. The van der Waals surface area contributed by atoms with E-state index in [1.807, 2.05) is 42.5 Å². The number of rotatable bonds is 6. The number of methoxy groups -OCH3 is 1. The predicted molar refractivity (Wildman–Crippen MR) is 102 cm³/mol. The molecule has 0 spiro atoms. The molecule has 0 saturated carbocycles. The van der Waals surface area contributed by atoms with E-state index in [1.54, 1.807) is 6.07 Å². The SMILES string of the molecule is COC(=O)CSCc1ccc(NC(=O)c2ccccc2I)cc1. The van der Waals surface area contributed by atoms with E-state index in [0.717, 1.165) is 20.6 Å². The monoisotopic (exact) mass is 441 g/mol. The quantitative estimate of drug-likeness (QED) is 0.545. The van der Waals surface area contributed by atoms with Crippen LogP contribution >= 0.6 is 34.4 Å². The van der Waals surface area contributed by atoms with E-state index in [0.29, 0.717) is 11.3 Å². The zero-order chi connectivity index (χ0) is 16.7. The van der Waals surface area contributed by atoms with Gasteiger partial charge in [-0.25, -0.2) is 0 Å². The summed E-state index contributed by atoms with van der Waals surface area (Å²) in [7, 11) is 1.38. The Labute approximate surface area is 153 Å². The van der Waals surface area contributed by atoms with Crippen molar-refractivity contribution < 1.29 is 14.3 Å². The minimum atomic E-state index is -0.226. The van der Waals surface area contributed by atoms with Crippen molar-refractivity contribution in [3.05, 3.63) is 63.2 Å². The molecular formula is C17H16INO3S. The van der Waals surface area contributed by atoms with Crippen LogP contribution in [-0.4, -0.2) is 24.7 Å². The van der Waals surface area contributed by atoms with Gasteiger partial charge in [0, 0.05) is 15.0 Å². The van der Waals surface area contributed by atoms with E-state index in [2.05, 4.69) is 32.6 Å². The summed E-state index contributed by atoms with van der Waals surface area (Å²) in [6.07, 6.45) is 0. The number of carbonyl (C=O) groups is 2. The maximum absolute atomic E-state index is 12.2. The highest BCUT2D eigenvalue weighted by Gasteiger charge is 2.09. The van der Waals surface area contributed by atoms with Crippen molar-refractivity contribution in [1.82, 2.24) is 0 Å². The maximum Gasteiger partial charge on any atom is 0.315 e. The number of thioether (sulfide) groups is 1. The largest absolute Gasteiger partial charge is 0.468 e. The maximum atomic E-state index is 12.2. The summed E-state index contributed by atoms with van der Waals surface area (Å²) in [5.74, 6) is 0.709. The molecule has 2 aromatic carbocycles. The normalized spacial score (nSPS) is 10.2. The van der Waals surface area contributed by atoms with Gasteiger partial charge in [-0.05, 0) is 52.4 Å². The highest BCUT2D eigenvalue weighted by molar-refractivity contribution is 14.1. The third-order valence-corrected chi connectivity index (χ3v) is 4.96. The van der Waals surface area contributed by atoms with Crippen LogP contribution in [0.3, 0.4) is 0 Å². The van der Waals surface area contributed by atoms with Crippen LogP contribution in [-0.2, 0) is 15.3 Å². The van der Waals surface area contributed by atoms with Crippen molar-refractivity contribution in [2.45, 2.75) is 5.75 Å². The summed E-state index contributed by atoms with van der Waals surface area (Å²) < 4.78 is 5.51. The minimum Gasteiger partial charge on any atom is -0.468 e. The second kappa shape index (κ2) is 8.93. The fraction of sp³-hybridized carbons (Fsp3) is 0.176. The Balaban J connectivity index is 1.91. The van der Waals surface area contributed by atoms with Gasteiger partial charge in [0.2, 0.25) is 0 Å². The van der Waals surface area contributed by atoms with Crippen LogP contribution in [0.1, 0.15) is 15.9 Å². The second-order valence-corrected chi connectivity index (χ2v) is 6.85. The van der Waals surface area contributed by atoms with E-state index in [4.69, 9.17) is 0 Å². The average Bonchev–Trinajstić information content (AvgIpc) is 2.56. The number of ether oxygens (including phenoxy) is 1. The van der Waals surface area contributed by atoms with Crippen LogP contribution in [0.2, 0.25) is 0 Å². The Hall–Kier alpha value is -1.54. The molecule has 0 aliphatic rings. The van der Waals surface area contributed by atoms with Gasteiger partial charge in [0.1, 0.15) is 0 Å². The molecule has 0 radical (unpaired) electrons. The zero-order valence-electron chi connectivity index (χ0n) is 12.5. The lowest BCUT2D eigenvalue weighted by atomic mass is 10.2. The first-order chi connectivity index (χ1) is 11.1. The zero-order valence-corrected chi connectivity index (χ0v) is 15.5.